The number of nitrogens with zero attached hydrogens (tertiary/aromatic N) is 3. The number of nitro groups is 1. The van der Waals surface area contributed by atoms with Crippen LogP contribution in [0.3, 0.4) is 0 Å². The molecular formula is C17H15ClN4O3S. The monoisotopic (exact) mass is 390 g/mol. The third-order valence-electron chi connectivity index (χ3n) is 3.67. The van der Waals surface area contributed by atoms with Gasteiger partial charge in [0, 0.05) is 6.07 Å². The number of nitriles is 1. The summed E-state index contributed by atoms with van der Waals surface area (Å²) in [7, 11) is 0. The van der Waals surface area contributed by atoms with E-state index in [0.29, 0.717) is 32.4 Å². The van der Waals surface area contributed by atoms with E-state index in [1.165, 1.54) is 6.07 Å². The molecule has 1 amide bonds. The fourth-order valence-corrected chi connectivity index (χ4v) is 3.33. The van der Waals surface area contributed by atoms with Gasteiger partial charge in [-0.3, -0.25) is 14.9 Å². The molecule has 1 N–H and O–H groups in total. The Morgan fingerprint density at radius 1 is 1.42 bits per heavy atom. The molecule has 0 radical (unpaired) electrons. The summed E-state index contributed by atoms with van der Waals surface area (Å²) >= 11 is 7.18. The largest absolute Gasteiger partial charge is 0.319 e. The summed E-state index contributed by atoms with van der Waals surface area (Å²) in [5.74, 6) is -0.475. The van der Waals surface area contributed by atoms with Crippen LogP contribution in [0.2, 0.25) is 5.02 Å². The number of nitro benzene ring substituents is 1. The van der Waals surface area contributed by atoms with Crippen molar-refractivity contribution in [2.24, 2.45) is 0 Å². The molecular weight excluding hydrogens is 376 g/mol. The van der Waals surface area contributed by atoms with Gasteiger partial charge in [-0.2, -0.15) is 5.26 Å². The Bertz CT molecular complexity index is 941. The number of benzene rings is 1. The minimum absolute atomic E-state index is 0.0479. The Labute approximate surface area is 159 Å². The lowest BCUT2D eigenvalue weighted by atomic mass is 10.1. The van der Waals surface area contributed by atoms with Crippen molar-refractivity contribution >= 4 is 40.6 Å². The molecule has 1 aromatic carbocycles. The van der Waals surface area contributed by atoms with E-state index >= 15 is 0 Å². The van der Waals surface area contributed by atoms with Gasteiger partial charge in [-0.15, -0.1) is 0 Å². The lowest BCUT2D eigenvalue weighted by molar-refractivity contribution is -0.384. The van der Waals surface area contributed by atoms with Gasteiger partial charge >= 0.3 is 0 Å². The molecule has 9 heteroatoms. The number of rotatable bonds is 5. The van der Waals surface area contributed by atoms with Crippen LogP contribution in [0.1, 0.15) is 22.4 Å². The van der Waals surface area contributed by atoms with Crippen LogP contribution in [-0.2, 0) is 4.79 Å². The smallest absolute Gasteiger partial charge is 0.293 e. The molecule has 2 rings (SSSR count). The molecule has 26 heavy (non-hydrogen) atoms. The summed E-state index contributed by atoms with van der Waals surface area (Å²) in [6.45, 7) is 5.12. The average molecular weight is 391 g/mol. The second kappa shape index (κ2) is 8.17. The Morgan fingerprint density at radius 2 is 2.12 bits per heavy atom. The number of hydrogen-bond donors (Lipinski definition) is 1. The Kier molecular flexibility index (Phi) is 6.18. The maximum atomic E-state index is 12.3. The number of anilines is 1. The highest BCUT2D eigenvalue weighted by molar-refractivity contribution is 8.00. The molecule has 0 unspecified atom stereocenters. The third kappa shape index (κ3) is 4.12. The fraction of sp³-hybridized carbons (Fsp3) is 0.235. The number of carbonyl (C=O) groups excluding carboxylic acids is 1. The molecule has 134 valence electrons. The van der Waals surface area contributed by atoms with Crippen LogP contribution < -0.4 is 5.32 Å². The van der Waals surface area contributed by atoms with Gasteiger partial charge < -0.3 is 5.32 Å². The number of hydrogen-bond acceptors (Lipinski definition) is 6. The average Bonchev–Trinajstić information content (AvgIpc) is 2.59. The molecule has 0 saturated heterocycles. The Hall–Kier alpha value is -2.63. The lowest BCUT2D eigenvalue weighted by Crippen LogP contribution is -2.16. The van der Waals surface area contributed by atoms with E-state index in [2.05, 4.69) is 10.3 Å². The van der Waals surface area contributed by atoms with Crippen LogP contribution in [0.5, 0.6) is 0 Å². The van der Waals surface area contributed by atoms with E-state index in [4.69, 9.17) is 11.6 Å². The zero-order chi connectivity index (χ0) is 19.4. The molecule has 2 aromatic rings. The summed E-state index contributed by atoms with van der Waals surface area (Å²) in [5.41, 5.74) is 2.09. The molecule has 0 aliphatic rings. The molecule has 1 aromatic heterocycles. The highest BCUT2D eigenvalue weighted by Gasteiger charge is 2.19. The van der Waals surface area contributed by atoms with Gasteiger partial charge in [0.1, 0.15) is 16.8 Å². The standard InChI is InChI=1S/C17H15ClN4O3S/c1-9-5-4-6-13(22(24)25)16(9)21-14(23)8-26-17-12(7-19)10(2)15(18)11(3)20-17/h4-6H,8H2,1-3H3,(H,21,23). The zero-order valence-electron chi connectivity index (χ0n) is 14.3. The number of aromatic nitrogens is 1. The van der Waals surface area contributed by atoms with Crippen molar-refractivity contribution in [1.82, 2.24) is 4.98 Å². The number of pyridine rings is 1. The highest BCUT2D eigenvalue weighted by atomic mass is 35.5. The van der Waals surface area contributed by atoms with E-state index in [1.807, 2.05) is 6.07 Å². The topological polar surface area (TPSA) is 109 Å². The van der Waals surface area contributed by atoms with Crippen LogP contribution >= 0.6 is 23.4 Å². The minimum Gasteiger partial charge on any atom is -0.319 e. The van der Waals surface area contributed by atoms with Gasteiger partial charge in [-0.25, -0.2) is 4.98 Å². The molecule has 0 fully saturated rings. The first kappa shape index (κ1) is 19.7. The van der Waals surface area contributed by atoms with Crippen LogP contribution in [-0.4, -0.2) is 21.6 Å². The number of aryl methyl sites for hydroxylation is 2. The molecule has 0 bridgehead atoms. The second-order valence-corrected chi connectivity index (χ2v) is 6.83. The van der Waals surface area contributed by atoms with Crippen LogP contribution in [0.15, 0.2) is 23.2 Å². The number of amides is 1. The van der Waals surface area contributed by atoms with E-state index in [1.54, 1.807) is 32.9 Å². The predicted molar refractivity (Wildman–Crippen MR) is 101 cm³/mol. The summed E-state index contributed by atoms with van der Waals surface area (Å²) < 4.78 is 0. The quantitative estimate of drug-likeness (QED) is 0.466. The van der Waals surface area contributed by atoms with Crippen molar-refractivity contribution in [2.75, 3.05) is 11.1 Å². The molecule has 0 atom stereocenters. The summed E-state index contributed by atoms with van der Waals surface area (Å²) in [4.78, 5) is 27.1. The first-order valence-corrected chi connectivity index (χ1v) is 8.86. The van der Waals surface area contributed by atoms with Gasteiger partial charge in [0.2, 0.25) is 5.91 Å². The number of para-hydroxylation sites is 1. The molecule has 0 spiro atoms. The van der Waals surface area contributed by atoms with Gasteiger partial charge in [0.05, 0.1) is 27.0 Å². The molecule has 0 aliphatic heterocycles. The van der Waals surface area contributed by atoms with Crippen molar-refractivity contribution < 1.29 is 9.72 Å². The molecule has 7 nitrogen and oxygen atoms in total. The van der Waals surface area contributed by atoms with Gasteiger partial charge in [-0.05, 0) is 31.9 Å². The van der Waals surface area contributed by atoms with Gasteiger partial charge in [0.15, 0.2) is 0 Å². The number of thioether (sulfide) groups is 1. The summed E-state index contributed by atoms with van der Waals surface area (Å²) in [6, 6.07) is 6.61. The van der Waals surface area contributed by atoms with Crippen molar-refractivity contribution in [2.45, 2.75) is 25.8 Å². The van der Waals surface area contributed by atoms with Crippen LogP contribution in [0.4, 0.5) is 11.4 Å². The maximum absolute atomic E-state index is 12.3. The summed E-state index contributed by atoms with van der Waals surface area (Å²) in [5, 5.41) is 23.8. The van der Waals surface area contributed by atoms with Gasteiger partial charge in [0.25, 0.3) is 5.69 Å². The third-order valence-corrected chi connectivity index (χ3v) is 5.20. The Balaban J connectivity index is 2.19. The maximum Gasteiger partial charge on any atom is 0.293 e. The molecule has 0 aliphatic carbocycles. The van der Waals surface area contributed by atoms with E-state index in [-0.39, 0.29) is 17.1 Å². The van der Waals surface area contributed by atoms with Crippen LogP contribution in [0.25, 0.3) is 0 Å². The van der Waals surface area contributed by atoms with Crippen LogP contribution in [0, 0.1) is 42.2 Å². The first-order chi connectivity index (χ1) is 12.3. The molecule has 0 saturated carbocycles. The van der Waals surface area contributed by atoms with Crippen molar-refractivity contribution in [1.29, 1.82) is 5.26 Å². The van der Waals surface area contributed by atoms with Crippen molar-refractivity contribution in [3.05, 3.63) is 55.7 Å². The fourth-order valence-electron chi connectivity index (χ4n) is 2.31. The summed E-state index contributed by atoms with van der Waals surface area (Å²) in [6.07, 6.45) is 0. The van der Waals surface area contributed by atoms with E-state index in [0.717, 1.165) is 11.8 Å². The first-order valence-electron chi connectivity index (χ1n) is 7.49. The highest BCUT2D eigenvalue weighted by Crippen LogP contribution is 2.31. The number of halogens is 1. The predicted octanol–water partition coefficient (Wildman–Crippen LogP) is 4.17. The SMILES string of the molecule is Cc1cccc([N+](=O)[O-])c1NC(=O)CSc1nc(C)c(Cl)c(C)c1C#N. The van der Waals surface area contributed by atoms with E-state index in [9.17, 15) is 20.2 Å². The lowest BCUT2D eigenvalue weighted by Gasteiger charge is -2.11. The normalized spacial score (nSPS) is 10.3. The second-order valence-electron chi connectivity index (χ2n) is 5.49. The zero-order valence-corrected chi connectivity index (χ0v) is 15.9. The molecule has 1 heterocycles. The van der Waals surface area contributed by atoms with Crippen molar-refractivity contribution in [3.8, 4) is 6.07 Å². The van der Waals surface area contributed by atoms with Gasteiger partial charge in [-0.1, -0.05) is 35.5 Å². The number of carbonyl (C=O) groups is 1. The Morgan fingerprint density at radius 3 is 2.73 bits per heavy atom. The number of nitrogens with one attached hydrogen (secondary N) is 1. The minimum atomic E-state index is -0.545. The van der Waals surface area contributed by atoms with E-state index < -0.39 is 10.8 Å². The van der Waals surface area contributed by atoms with Crippen molar-refractivity contribution in [3.63, 3.8) is 0 Å².